The van der Waals surface area contributed by atoms with Crippen LogP contribution in [-0.2, 0) is 4.79 Å². The number of allylic oxidation sites excluding steroid dienone is 1. The third-order valence-corrected chi connectivity index (χ3v) is 2.28. The van der Waals surface area contributed by atoms with Crippen LogP contribution in [0, 0.1) is 5.92 Å². The van der Waals surface area contributed by atoms with Gasteiger partial charge in [0.25, 0.3) is 0 Å². The molecule has 0 bridgehead atoms. The van der Waals surface area contributed by atoms with Gasteiger partial charge in [-0.15, -0.1) is 0 Å². The highest BCUT2D eigenvalue weighted by molar-refractivity contribution is 5.53. The summed E-state index contributed by atoms with van der Waals surface area (Å²) >= 11 is 0. The molecule has 0 amide bonds. The van der Waals surface area contributed by atoms with Gasteiger partial charge in [0.05, 0.1) is 0 Å². The zero-order valence-corrected chi connectivity index (χ0v) is 8.52. The van der Waals surface area contributed by atoms with Crippen molar-refractivity contribution in [1.29, 1.82) is 0 Å². The Hall–Kier alpha value is -1.37. The van der Waals surface area contributed by atoms with Crippen LogP contribution in [0.1, 0.15) is 25.3 Å². The first-order valence-electron chi connectivity index (χ1n) is 5.03. The zero-order valence-electron chi connectivity index (χ0n) is 8.52. The van der Waals surface area contributed by atoms with E-state index in [1.807, 2.05) is 18.2 Å². The smallest absolute Gasteiger partial charge is 0.120 e. The summed E-state index contributed by atoms with van der Waals surface area (Å²) in [5.74, 6) is 0.382. The maximum Gasteiger partial charge on any atom is 0.120 e. The molecule has 0 radical (unpaired) electrons. The van der Waals surface area contributed by atoms with Crippen LogP contribution < -0.4 is 0 Å². The van der Waals surface area contributed by atoms with Crippen LogP contribution in [0.3, 0.4) is 0 Å². The minimum absolute atomic E-state index is 0.382. The molecule has 0 saturated heterocycles. The van der Waals surface area contributed by atoms with E-state index in [9.17, 15) is 4.79 Å². The van der Waals surface area contributed by atoms with E-state index in [4.69, 9.17) is 0 Å². The van der Waals surface area contributed by atoms with Crippen LogP contribution in [-0.4, -0.2) is 6.29 Å². The fourth-order valence-electron chi connectivity index (χ4n) is 1.32. The molecule has 1 nitrogen and oxygen atoms in total. The van der Waals surface area contributed by atoms with Crippen molar-refractivity contribution in [1.82, 2.24) is 0 Å². The summed E-state index contributed by atoms with van der Waals surface area (Å²) in [6.45, 7) is 2.10. The quantitative estimate of drug-likeness (QED) is 0.648. The average Bonchev–Trinajstić information content (AvgIpc) is 2.25. The lowest BCUT2D eigenvalue weighted by Gasteiger charge is -2.03. The molecule has 1 atom stereocenters. The van der Waals surface area contributed by atoms with E-state index in [0.29, 0.717) is 12.3 Å². The molecular weight excluding hydrogens is 172 g/mol. The number of carbonyl (C=O) groups is 1. The molecule has 1 unspecified atom stereocenters. The Morgan fingerprint density at radius 2 is 2.00 bits per heavy atom. The van der Waals surface area contributed by atoms with Gasteiger partial charge in [0, 0.05) is 6.42 Å². The van der Waals surface area contributed by atoms with Crippen molar-refractivity contribution in [2.75, 3.05) is 0 Å². The summed E-state index contributed by atoms with van der Waals surface area (Å²) in [7, 11) is 0. The summed E-state index contributed by atoms with van der Waals surface area (Å²) in [5, 5.41) is 0. The molecule has 0 aliphatic heterocycles. The molecule has 0 heterocycles. The van der Waals surface area contributed by atoms with Gasteiger partial charge in [-0.1, -0.05) is 49.4 Å². The standard InChI is InChI=1S/C13H16O/c1-2-12(10-11-14)8-9-13-6-4-3-5-7-13/h3-9,11-12H,2,10H2,1H3. The SMILES string of the molecule is CCC(C=Cc1ccccc1)CC=O. The highest BCUT2D eigenvalue weighted by Crippen LogP contribution is 2.11. The highest BCUT2D eigenvalue weighted by Gasteiger charge is 1.99. The Morgan fingerprint density at radius 3 is 2.57 bits per heavy atom. The van der Waals surface area contributed by atoms with Gasteiger partial charge in [0.2, 0.25) is 0 Å². The van der Waals surface area contributed by atoms with Gasteiger partial charge < -0.3 is 4.79 Å². The Morgan fingerprint density at radius 1 is 1.29 bits per heavy atom. The minimum atomic E-state index is 0.382. The first-order chi connectivity index (χ1) is 6.86. The fourth-order valence-corrected chi connectivity index (χ4v) is 1.32. The van der Waals surface area contributed by atoms with Crippen molar-refractivity contribution in [3.8, 4) is 0 Å². The summed E-state index contributed by atoms with van der Waals surface area (Å²) in [5.41, 5.74) is 1.19. The normalized spacial score (nSPS) is 12.9. The first kappa shape index (κ1) is 10.7. The van der Waals surface area contributed by atoms with Crippen LogP contribution in [0.2, 0.25) is 0 Å². The van der Waals surface area contributed by atoms with E-state index in [2.05, 4.69) is 31.2 Å². The summed E-state index contributed by atoms with van der Waals surface area (Å²) < 4.78 is 0. The molecule has 1 aromatic rings. The van der Waals surface area contributed by atoms with E-state index < -0.39 is 0 Å². The third-order valence-electron chi connectivity index (χ3n) is 2.28. The molecule has 74 valence electrons. The van der Waals surface area contributed by atoms with Crippen molar-refractivity contribution in [2.45, 2.75) is 19.8 Å². The molecule has 1 heteroatoms. The van der Waals surface area contributed by atoms with E-state index >= 15 is 0 Å². The number of benzene rings is 1. The number of carbonyl (C=O) groups excluding carboxylic acids is 1. The van der Waals surface area contributed by atoms with Gasteiger partial charge in [0.1, 0.15) is 6.29 Å². The topological polar surface area (TPSA) is 17.1 Å². The Balaban J connectivity index is 2.57. The molecule has 0 spiro atoms. The van der Waals surface area contributed by atoms with Crippen LogP contribution in [0.25, 0.3) is 6.08 Å². The van der Waals surface area contributed by atoms with Gasteiger partial charge >= 0.3 is 0 Å². The lowest BCUT2D eigenvalue weighted by molar-refractivity contribution is -0.108. The average molecular weight is 188 g/mol. The lowest BCUT2D eigenvalue weighted by atomic mass is 10.0. The monoisotopic (exact) mass is 188 g/mol. The Kier molecular flexibility index (Phi) is 4.70. The van der Waals surface area contributed by atoms with Crippen LogP contribution in [0.5, 0.6) is 0 Å². The molecule has 0 aromatic heterocycles. The lowest BCUT2D eigenvalue weighted by Crippen LogP contribution is -1.94. The van der Waals surface area contributed by atoms with Gasteiger partial charge in [-0.05, 0) is 17.9 Å². The summed E-state index contributed by atoms with van der Waals surface area (Å²) in [6.07, 6.45) is 6.83. The van der Waals surface area contributed by atoms with E-state index in [-0.39, 0.29) is 0 Å². The number of hydrogen-bond acceptors (Lipinski definition) is 1. The molecule has 0 aliphatic carbocycles. The van der Waals surface area contributed by atoms with E-state index in [0.717, 1.165) is 12.7 Å². The maximum atomic E-state index is 10.4. The molecule has 0 fully saturated rings. The number of hydrogen-bond donors (Lipinski definition) is 0. The van der Waals surface area contributed by atoms with Gasteiger partial charge in [-0.25, -0.2) is 0 Å². The minimum Gasteiger partial charge on any atom is -0.303 e. The maximum absolute atomic E-state index is 10.4. The third kappa shape index (κ3) is 3.56. The molecule has 0 N–H and O–H groups in total. The predicted octanol–water partition coefficient (Wildman–Crippen LogP) is 3.32. The first-order valence-corrected chi connectivity index (χ1v) is 5.03. The predicted molar refractivity (Wildman–Crippen MR) is 59.9 cm³/mol. The zero-order chi connectivity index (χ0) is 10.2. The van der Waals surface area contributed by atoms with Crippen molar-refractivity contribution in [2.24, 2.45) is 5.92 Å². The molecule has 1 rings (SSSR count). The van der Waals surface area contributed by atoms with Gasteiger partial charge in [-0.2, -0.15) is 0 Å². The fraction of sp³-hybridized carbons (Fsp3) is 0.308. The Bertz CT molecular complexity index is 287. The molecule has 14 heavy (non-hydrogen) atoms. The van der Waals surface area contributed by atoms with Gasteiger partial charge in [0.15, 0.2) is 0 Å². The molecule has 0 saturated carbocycles. The van der Waals surface area contributed by atoms with Crippen molar-refractivity contribution in [3.63, 3.8) is 0 Å². The van der Waals surface area contributed by atoms with Crippen LogP contribution >= 0.6 is 0 Å². The molecule has 1 aromatic carbocycles. The highest BCUT2D eigenvalue weighted by atomic mass is 16.1. The summed E-state index contributed by atoms with van der Waals surface area (Å²) in [4.78, 5) is 10.4. The van der Waals surface area contributed by atoms with Crippen LogP contribution in [0.4, 0.5) is 0 Å². The molecular formula is C13H16O. The largest absolute Gasteiger partial charge is 0.303 e. The van der Waals surface area contributed by atoms with Crippen molar-refractivity contribution >= 4 is 12.4 Å². The second kappa shape index (κ2) is 6.14. The van der Waals surface area contributed by atoms with Crippen molar-refractivity contribution in [3.05, 3.63) is 42.0 Å². The van der Waals surface area contributed by atoms with Crippen LogP contribution in [0.15, 0.2) is 36.4 Å². The number of aldehydes is 1. The second-order valence-corrected chi connectivity index (χ2v) is 3.34. The second-order valence-electron chi connectivity index (χ2n) is 3.34. The molecule has 0 aliphatic rings. The Labute approximate surface area is 85.5 Å². The van der Waals surface area contributed by atoms with Gasteiger partial charge in [-0.3, -0.25) is 0 Å². The number of rotatable bonds is 5. The van der Waals surface area contributed by atoms with E-state index in [1.165, 1.54) is 5.56 Å². The van der Waals surface area contributed by atoms with E-state index in [1.54, 1.807) is 0 Å². The van der Waals surface area contributed by atoms with Crippen molar-refractivity contribution < 1.29 is 4.79 Å². The summed E-state index contributed by atoms with van der Waals surface area (Å²) in [6, 6.07) is 10.1.